The lowest BCUT2D eigenvalue weighted by Gasteiger charge is -2.34. The third kappa shape index (κ3) is 5.26. The van der Waals surface area contributed by atoms with E-state index in [0.717, 1.165) is 47.0 Å². The first-order chi connectivity index (χ1) is 17.0. The first kappa shape index (κ1) is 23.2. The molecule has 35 heavy (non-hydrogen) atoms. The largest absolute Gasteiger partial charge is 0.322 e. The zero-order chi connectivity index (χ0) is 24.4. The van der Waals surface area contributed by atoms with Gasteiger partial charge in [0.1, 0.15) is 5.01 Å². The highest BCUT2D eigenvalue weighted by Gasteiger charge is 2.22. The maximum Gasteiger partial charge on any atom is 0.321 e. The number of hydrogen-bond donors (Lipinski definition) is 1. The van der Waals surface area contributed by atoms with Gasteiger partial charge in [-0.25, -0.2) is 9.78 Å². The molecule has 2 aromatic carbocycles. The molecule has 0 spiro atoms. The molecule has 0 saturated carbocycles. The highest BCUT2D eigenvalue weighted by atomic mass is 32.1. The van der Waals surface area contributed by atoms with Crippen LogP contribution in [0.1, 0.15) is 23.7 Å². The number of nitrogens with one attached hydrogen (secondary N) is 1. The zero-order valence-corrected chi connectivity index (χ0v) is 20.7. The molecule has 9 heteroatoms. The quantitative estimate of drug-likeness (QED) is 0.459. The van der Waals surface area contributed by atoms with Gasteiger partial charge >= 0.3 is 6.03 Å². The fourth-order valence-electron chi connectivity index (χ4n) is 4.20. The van der Waals surface area contributed by atoms with E-state index in [4.69, 9.17) is 4.98 Å². The highest BCUT2D eigenvalue weighted by Crippen LogP contribution is 2.25. The Hall–Kier alpha value is -3.56. The SMILES string of the molecule is CCc1ccc(NC(=O)N2CCN(Cc3cc(=O)n4nc(-c5cccc(C)c5)sc4n3)CC2)cc1. The summed E-state index contributed by atoms with van der Waals surface area (Å²) in [5.74, 6) is 0. The number of piperazine rings is 1. The summed E-state index contributed by atoms with van der Waals surface area (Å²) in [4.78, 5) is 34.7. The van der Waals surface area contributed by atoms with E-state index in [1.807, 2.05) is 54.3 Å². The molecule has 180 valence electrons. The summed E-state index contributed by atoms with van der Waals surface area (Å²) in [5.41, 5.74) is 4.73. The Morgan fingerprint density at radius 3 is 2.54 bits per heavy atom. The van der Waals surface area contributed by atoms with Crippen molar-refractivity contribution in [2.45, 2.75) is 26.8 Å². The molecule has 1 aliphatic rings. The normalized spacial score (nSPS) is 14.4. The lowest BCUT2D eigenvalue weighted by atomic mass is 10.1. The molecular weight excluding hydrogens is 460 g/mol. The minimum Gasteiger partial charge on any atom is -0.322 e. The van der Waals surface area contributed by atoms with E-state index in [2.05, 4.69) is 28.3 Å². The molecular formula is C26H28N6O2S. The second-order valence-corrected chi connectivity index (χ2v) is 9.76. The van der Waals surface area contributed by atoms with Crippen molar-refractivity contribution in [3.8, 4) is 10.6 Å². The first-order valence-electron chi connectivity index (χ1n) is 11.8. The van der Waals surface area contributed by atoms with Crippen LogP contribution in [0.3, 0.4) is 0 Å². The molecule has 3 heterocycles. The number of carbonyl (C=O) groups is 1. The number of aryl methyl sites for hydroxylation is 2. The second-order valence-electron chi connectivity index (χ2n) is 8.80. The molecule has 0 unspecified atom stereocenters. The molecule has 1 saturated heterocycles. The van der Waals surface area contributed by atoms with Crippen LogP contribution >= 0.6 is 11.3 Å². The van der Waals surface area contributed by atoms with Crippen LogP contribution in [-0.2, 0) is 13.0 Å². The molecule has 8 nitrogen and oxygen atoms in total. The first-order valence-corrected chi connectivity index (χ1v) is 12.6. The van der Waals surface area contributed by atoms with Crippen LogP contribution in [0.25, 0.3) is 15.5 Å². The summed E-state index contributed by atoms with van der Waals surface area (Å²) in [6.07, 6.45) is 0.974. The molecule has 2 aromatic heterocycles. The van der Waals surface area contributed by atoms with Gasteiger partial charge in [0.15, 0.2) is 0 Å². The van der Waals surface area contributed by atoms with Crippen LogP contribution in [-0.4, -0.2) is 56.6 Å². The number of amides is 2. The maximum absolute atomic E-state index is 12.7. The van der Waals surface area contributed by atoms with Crippen molar-refractivity contribution < 1.29 is 4.79 Å². The number of aromatic nitrogens is 3. The Kier molecular flexibility index (Phi) is 6.61. The Morgan fingerprint density at radius 2 is 1.83 bits per heavy atom. The standard InChI is InChI=1S/C26H28N6O2S/c1-3-19-7-9-21(10-8-19)27-25(34)31-13-11-30(12-14-31)17-22-16-23(33)32-26(28-22)35-24(29-32)20-6-4-5-18(2)15-20/h4-10,15-16H,3,11-14,17H2,1-2H3,(H,27,34). The molecule has 0 bridgehead atoms. The summed E-state index contributed by atoms with van der Waals surface area (Å²) >= 11 is 1.42. The third-order valence-electron chi connectivity index (χ3n) is 6.22. The van der Waals surface area contributed by atoms with E-state index >= 15 is 0 Å². The zero-order valence-electron chi connectivity index (χ0n) is 19.9. The summed E-state index contributed by atoms with van der Waals surface area (Å²) in [7, 11) is 0. The topological polar surface area (TPSA) is 82.8 Å². The number of rotatable bonds is 5. The van der Waals surface area contributed by atoms with Gasteiger partial charge in [0.05, 0.1) is 5.69 Å². The summed E-state index contributed by atoms with van der Waals surface area (Å²) in [6.45, 7) is 7.40. The average Bonchev–Trinajstić information content (AvgIpc) is 3.30. The number of hydrogen-bond acceptors (Lipinski definition) is 6. The molecule has 0 aliphatic carbocycles. The number of anilines is 1. The minimum absolute atomic E-state index is 0.0833. The molecule has 5 rings (SSSR count). The molecule has 0 radical (unpaired) electrons. The van der Waals surface area contributed by atoms with Crippen LogP contribution in [0.5, 0.6) is 0 Å². The van der Waals surface area contributed by atoms with Gasteiger partial charge in [0, 0.05) is 50.0 Å². The Bertz CT molecular complexity index is 1400. The second kappa shape index (κ2) is 9.97. The fourth-order valence-corrected chi connectivity index (χ4v) is 5.12. The molecule has 1 N–H and O–H groups in total. The number of fused-ring (bicyclic) bond motifs is 1. The Balaban J connectivity index is 1.21. The van der Waals surface area contributed by atoms with Crippen molar-refractivity contribution in [1.82, 2.24) is 24.4 Å². The van der Waals surface area contributed by atoms with Crippen LogP contribution in [0, 0.1) is 6.92 Å². The van der Waals surface area contributed by atoms with Crippen molar-refractivity contribution in [1.29, 1.82) is 0 Å². The van der Waals surface area contributed by atoms with Crippen LogP contribution in [0.15, 0.2) is 59.4 Å². The van der Waals surface area contributed by atoms with Crippen molar-refractivity contribution in [2.75, 3.05) is 31.5 Å². The van der Waals surface area contributed by atoms with Gasteiger partial charge < -0.3 is 10.2 Å². The molecule has 0 atom stereocenters. The molecule has 2 amide bonds. The van der Waals surface area contributed by atoms with Gasteiger partial charge in [0.2, 0.25) is 4.96 Å². The van der Waals surface area contributed by atoms with Crippen molar-refractivity contribution in [3.63, 3.8) is 0 Å². The Labute approximate surface area is 207 Å². The number of carbonyl (C=O) groups excluding carboxylic acids is 1. The minimum atomic E-state index is -0.174. The van der Waals surface area contributed by atoms with E-state index in [1.54, 1.807) is 6.07 Å². The predicted molar refractivity (Wildman–Crippen MR) is 139 cm³/mol. The smallest absolute Gasteiger partial charge is 0.321 e. The number of urea groups is 1. The average molecular weight is 489 g/mol. The van der Waals surface area contributed by atoms with E-state index in [-0.39, 0.29) is 11.6 Å². The van der Waals surface area contributed by atoms with Gasteiger partial charge in [-0.2, -0.15) is 9.61 Å². The number of benzene rings is 2. The summed E-state index contributed by atoms with van der Waals surface area (Å²) in [6, 6.07) is 17.5. The lowest BCUT2D eigenvalue weighted by Crippen LogP contribution is -2.49. The summed E-state index contributed by atoms with van der Waals surface area (Å²) < 4.78 is 1.38. The van der Waals surface area contributed by atoms with E-state index in [9.17, 15) is 9.59 Å². The summed E-state index contributed by atoms with van der Waals surface area (Å²) in [5, 5.41) is 8.24. The van der Waals surface area contributed by atoms with Gasteiger partial charge in [-0.1, -0.05) is 54.2 Å². The van der Waals surface area contributed by atoms with Gasteiger partial charge in [-0.15, -0.1) is 0 Å². The van der Waals surface area contributed by atoms with Crippen LogP contribution < -0.4 is 10.9 Å². The van der Waals surface area contributed by atoms with E-state index in [1.165, 1.54) is 21.4 Å². The lowest BCUT2D eigenvalue weighted by molar-refractivity contribution is 0.142. The van der Waals surface area contributed by atoms with Gasteiger partial charge in [0.25, 0.3) is 5.56 Å². The van der Waals surface area contributed by atoms with E-state index in [0.29, 0.717) is 24.6 Å². The number of nitrogens with zero attached hydrogens (tertiary/aromatic N) is 5. The van der Waals surface area contributed by atoms with Crippen molar-refractivity contribution in [3.05, 3.63) is 81.8 Å². The molecule has 1 aliphatic heterocycles. The fraction of sp³-hybridized carbons (Fsp3) is 0.308. The van der Waals surface area contributed by atoms with E-state index < -0.39 is 0 Å². The molecule has 4 aromatic rings. The molecule has 1 fully saturated rings. The van der Waals surface area contributed by atoms with Gasteiger partial charge in [-0.3, -0.25) is 9.69 Å². The van der Waals surface area contributed by atoms with Crippen molar-refractivity contribution >= 4 is 28.0 Å². The highest BCUT2D eigenvalue weighted by molar-refractivity contribution is 7.19. The monoisotopic (exact) mass is 488 g/mol. The van der Waals surface area contributed by atoms with Crippen LogP contribution in [0.2, 0.25) is 0 Å². The van der Waals surface area contributed by atoms with Gasteiger partial charge in [-0.05, 0) is 37.1 Å². The Morgan fingerprint density at radius 1 is 1.06 bits per heavy atom. The predicted octanol–water partition coefficient (Wildman–Crippen LogP) is 4.04. The van der Waals surface area contributed by atoms with Crippen LogP contribution in [0.4, 0.5) is 10.5 Å². The maximum atomic E-state index is 12.7. The van der Waals surface area contributed by atoms with Crippen molar-refractivity contribution in [2.24, 2.45) is 0 Å². The third-order valence-corrected chi connectivity index (χ3v) is 7.18.